The maximum atomic E-state index is 11.8. The van der Waals surface area contributed by atoms with Crippen LogP contribution in [0.15, 0.2) is 33.8 Å². The maximum Gasteiger partial charge on any atom is 0.240 e. The molecule has 0 aliphatic heterocycles. The zero-order valence-corrected chi connectivity index (χ0v) is 12.8. The van der Waals surface area contributed by atoms with E-state index in [1.165, 1.54) is 20.0 Å². The van der Waals surface area contributed by atoms with Gasteiger partial charge in [0.15, 0.2) is 0 Å². The van der Waals surface area contributed by atoms with Gasteiger partial charge < -0.3 is 9.73 Å². The lowest BCUT2D eigenvalue weighted by atomic mass is 10.1. The number of amides is 1. The summed E-state index contributed by atoms with van der Waals surface area (Å²) in [4.78, 5) is 11.0. The summed E-state index contributed by atoms with van der Waals surface area (Å²) in [5, 5.41) is 3.51. The molecule has 1 aromatic heterocycles. The highest BCUT2D eigenvalue weighted by Crippen LogP contribution is 2.25. The number of sulfonamides is 1. The minimum Gasteiger partial charge on any atom is -0.464 e. The lowest BCUT2D eigenvalue weighted by Crippen LogP contribution is -2.21. The first-order valence-corrected chi connectivity index (χ1v) is 8.10. The number of aryl methyl sites for hydroxylation is 1. The Morgan fingerprint density at radius 1 is 1.33 bits per heavy atom. The molecule has 0 radical (unpaired) electrons. The lowest BCUT2D eigenvalue weighted by Gasteiger charge is -2.03. The Labute approximate surface area is 123 Å². The molecule has 0 bridgehead atoms. The molecule has 0 saturated heterocycles. The van der Waals surface area contributed by atoms with Crippen molar-refractivity contribution in [3.63, 3.8) is 0 Å². The van der Waals surface area contributed by atoms with Crippen LogP contribution in [0.4, 0.5) is 0 Å². The van der Waals surface area contributed by atoms with E-state index in [1.54, 1.807) is 18.4 Å². The number of rotatable bonds is 6. The first kappa shape index (κ1) is 15.5. The van der Waals surface area contributed by atoms with E-state index in [1.807, 2.05) is 0 Å². The van der Waals surface area contributed by atoms with Gasteiger partial charge in [-0.1, -0.05) is 0 Å². The van der Waals surface area contributed by atoms with Crippen LogP contribution in [0.2, 0.25) is 0 Å². The zero-order valence-electron chi connectivity index (χ0n) is 12.0. The highest BCUT2D eigenvalue weighted by Gasteiger charge is 2.14. The Morgan fingerprint density at radius 2 is 2.10 bits per heavy atom. The fraction of sp³-hybridized carbons (Fsp3) is 0.357. The van der Waals surface area contributed by atoms with Gasteiger partial charge >= 0.3 is 0 Å². The normalized spacial score (nSPS) is 11.7. The quantitative estimate of drug-likeness (QED) is 0.790. The van der Waals surface area contributed by atoms with Gasteiger partial charge in [0.05, 0.1) is 11.2 Å². The molecule has 7 heteroatoms. The molecular formula is C14H18N2O4S. The zero-order chi connectivity index (χ0) is 15.5. The average molecular weight is 310 g/mol. The van der Waals surface area contributed by atoms with Crippen LogP contribution in [0, 0.1) is 0 Å². The van der Waals surface area contributed by atoms with Gasteiger partial charge in [0, 0.05) is 18.9 Å². The summed E-state index contributed by atoms with van der Waals surface area (Å²) < 4.78 is 31.4. The van der Waals surface area contributed by atoms with Crippen molar-refractivity contribution in [1.29, 1.82) is 0 Å². The van der Waals surface area contributed by atoms with E-state index >= 15 is 0 Å². The number of furan rings is 1. The van der Waals surface area contributed by atoms with Gasteiger partial charge in [-0.05, 0) is 43.7 Å². The van der Waals surface area contributed by atoms with Gasteiger partial charge in [0.1, 0.15) is 5.58 Å². The number of benzene rings is 1. The monoisotopic (exact) mass is 310 g/mol. The number of hydrogen-bond acceptors (Lipinski definition) is 4. The Balaban J connectivity index is 2.21. The van der Waals surface area contributed by atoms with Gasteiger partial charge in [-0.25, -0.2) is 13.1 Å². The third-order valence-electron chi connectivity index (χ3n) is 3.20. The van der Waals surface area contributed by atoms with Crippen molar-refractivity contribution in [1.82, 2.24) is 10.0 Å². The minimum absolute atomic E-state index is 0.0607. The molecule has 2 aromatic rings. The molecule has 1 amide bonds. The summed E-state index contributed by atoms with van der Waals surface area (Å²) in [6, 6.07) is 4.77. The molecule has 6 nitrogen and oxygen atoms in total. The molecule has 0 unspecified atom stereocenters. The van der Waals surface area contributed by atoms with Crippen LogP contribution >= 0.6 is 0 Å². The molecule has 21 heavy (non-hydrogen) atoms. The van der Waals surface area contributed by atoms with Crippen molar-refractivity contribution in [2.45, 2.75) is 24.7 Å². The van der Waals surface area contributed by atoms with Crippen molar-refractivity contribution in [3.8, 4) is 0 Å². The molecule has 0 fully saturated rings. The molecule has 0 spiro atoms. The fourth-order valence-corrected chi connectivity index (χ4v) is 2.84. The van der Waals surface area contributed by atoms with Crippen LogP contribution in [-0.2, 0) is 21.2 Å². The van der Waals surface area contributed by atoms with Crippen LogP contribution in [0.5, 0.6) is 0 Å². The third-order valence-corrected chi connectivity index (χ3v) is 4.61. The standard InChI is InChI=1S/C14H18N2O4S/c1-10(17)16-7-3-4-11-9-20-14-6-5-12(8-13(11)14)21(18,19)15-2/h5-6,8-9,15H,3-4,7H2,1-2H3,(H,16,17). The summed E-state index contributed by atoms with van der Waals surface area (Å²) in [7, 11) is -2.09. The van der Waals surface area contributed by atoms with Crippen LogP contribution < -0.4 is 10.0 Å². The highest BCUT2D eigenvalue weighted by atomic mass is 32.2. The number of carbonyl (C=O) groups is 1. The predicted octanol–water partition coefficient (Wildman–Crippen LogP) is 1.41. The van der Waals surface area contributed by atoms with Crippen LogP contribution in [0.25, 0.3) is 11.0 Å². The van der Waals surface area contributed by atoms with E-state index in [2.05, 4.69) is 10.0 Å². The van der Waals surface area contributed by atoms with Crippen molar-refractivity contribution < 1.29 is 17.6 Å². The molecule has 1 heterocycles. The average Bonchev–Trinajstić information content (AvgIpc) is 2.85. The lowest BCUT2D eigenvalue weighted by molar-refractivity contribution is -0.118. The molecule has 0 saturated carbocycles. The molecule has 114 valence electrons. The topological polar surface area (TPSA) is 88.4 Å². The summed E-state index contributed by atoms with van der Waals surface area (Å²) in [6.45, 7) is 2.05. The fourth-order valence-electron chi connectivity index (χ4n) is 2.08. The van der Waals surface area contributed by atoms with Crippen molar-refractivity contribution in [2.24, 2.45) is 0 Å². The van der Waals surface area contributed by atoms with E-state index in [0.29, 0.717) is 18.5 Å². The molecule has 0 aliphatic rings. The largest absolute Gasteiger partial charge is 0.464 e. The van der Waals surface area contributed by atoms with Crippen molar-refractivity contribution in [2.75, 3.05) is 13.6 Å². The Morgan fingerprint density at radius 3 is 2.76 bits per heavy atom. The first-order chi connectivity index (χ1) is 9.94. The highest BCUT2D eigenvalue weighted by molar-refractivity contribution is 7.89. The minimum atomic E-state index is -3.47. The van der Waals surface area contributed by atoms with Gasteiger partial charge in [0.2, 0.25) is 15.9 Å². The van der Waals surface area contributed by atoms with Crippen LogP contribution in [-0.4, -0.2) is 27.9 Å². The Bertz CT molecular complexity index is 749. The molecule has 2 N–H and O–H groups in total. The Kier molecular flexibility index (Phi) is 4.64. The van der Waals surface area contributed by atoms with Gasteiger partial charge in [-0.3, -0.25) is 4.79 Å². The van der Waals surface area contributed by atoms with Crippen molar-refractivity contribution >= 4 is 26.9 Å². The molecule has 0 atom stereocenters. The van der Waals surface area contributed by atoms with E-state index in [9.17, 15) is 13.2 Å². The Hall–Kier alpha value is -1.86. The molecule has 2 rings (SSSR count). The SMILES string of the molecule is CNS(=O)(=O)c1ccc2occ(CCCNC(C)=O)c2c1. The maximum absolute atomic E-state index is 11.8. The number of carbonyl (C=O) groups excluding carboxylic acids is 1. The van der Waals surface area contributed by atoms with Gasteiger partial charge in [-0.15, -0.1) is 0 Å². The predicted molar refractivity (Wildman–Crippen MR) is 79.5 cm³/mol. The van der Waals surface area contributed by atoms with E-state index in [-0.39, 0.29) is 10.8 Å². The third kappa shape index (κ3) is 3.62. The van der Waals surface area contributed by atoms with Gasteiger partial charge in [0.25, 0.3) is 0 Å². The van der Waals surface area contributed by atoms with Crippen LogP contribution in [0.1, 0.15) is 18.9 Å². The summed E-state index contributed by atoms with van der Waals surface area (Å²) in [5.74, 6) is -0.0607. The summed E-state index contributed by atoms with van der Waals surface area (Å²) >= 11 is 0. The summed E-state index contributed by atoms with van der Waals surface area (Å²) in [5.41, 5.74) is 1.59. The van der Waals surface area contributed by atoms with E-state index < -0.39 is 10.0 Å². The number of nitrogens with one attached hydrogen (secondary N) is 2. The van der Waals surface area contributed by atoms with Crippen LogP contribution in [0.3, 0.4) is 0 Å². The molecule has 0 aliphatic carbocycles. The first-order valence-electron chi connectivity index (χ1n) is 6.62. The second kappa shape index (κ2) is 6.28. The number of hydrogen-bond donors (Lipinski definition) is 2. The molecular weight excluding hydrogens is 292 g/mol. The second-order valence-corrected chi connectivity index (χ2v) is 6.60. The van der Waals surface area contributed by atoms with E-state index in [4.69, 9.17) is 4.42 Å². The number of fused-ring (bicyclic) bond motifs is 1. The summed E-state index contributed by atoms with van der Waals surface area (Å²) in [6.07, 6.45) is 3.10. The van der Waals surface area contributed by atoms with E-state index in [0.717, 1.165) is 17.4 Å². The smallest absolute Gasteiger partial charge is 0.240 e. The molecule has 1 aromatic carbocycles. The van der Waals surface area contributed by atoms with Gasteiger partial charge in [-0.2, -0.15) is 0 Å². The van der Waals surface area contributed by atoms with Crippen molar-refractivity contribution in [3.05, 3.63) is 30.0 Å². The second-order valence-electron chi connectivity index (χ2n) is 4.71.